The standard InChI is InChI=1S/C29H26/c1-20(2)28-16-15-27-19-26(14-17-29(27)28)25-13-12-24(18-25)23-10-8-22(9-11-23)21-6-4-3-5-7-21/h3-11,13-20,28H,12H2,1-2H3. The highest BCUT2D eigenvalue weighted by Crippen LogP contribution is 2.39. The Kier molecular flexibility index (Phi) is 4.56. The lowest BCUT2D eigenvalue weighted by atomic mass is 9.89. The molecule has 0 nitrogen and oxygen atoms in total. The van der Waals surface area contributed by atoms with Crippen molar-refractivity contribution in [3.05, 3.63) is 113 Å². The van der Waals surface area contributed by atoms with Crippen molar-refractivity contribution in [1.29, 1.82) is 0 Å². The van der Waals surface area contributed by atoms with Gasteiger partial charge in [-0.05, 0) is 62.9 Å². The first-order chi connectivity index (χ1) is 14.2. The van der Waals surface area contributed by atoms with Gasteiger partial charge in [0.15, 0.2) is 0 Å². The van der Waals surface area contributed by atoms with E-state index in [9.17, 15) is 0 Å². The molecule has 0 heterocycles. The van der Waals surface area contributed by atoms with Crippen molar-refractivity contribution >= 4 is 17.2 Å². The Labute approximate surface area is 173 Å². The Balaban J connectivity index is 1.38. The summed E-state index contributed by atoms with van der Waals surface area (Å²) in [5, 5.41) is 0. The van der Waals surface area contributed by atoms with Crippen LogP contribution in [0.2, 0.25) is 0 Å². The van der Waals surface area contributed by atoms with Crippen LogP contribution in [0.15, 0.2) is 91.0 Å². The highest BCUT2D eigenvalue weighted by atomic mass is 14.3. The minimum atomic E-state index is 0.561. The van der Waals surface area contributed by atoms with Crippen LogP contribution in [0.3, 0.4) is 0 Å². The number of allylic oxidation sites excluding steroid dienone is 5. The Bertz CT molecular complexity index is 1120. The van der Waals surface area contributed by atoms with Gasteiger partial charge in [0, 0.05) is 5.92 Å². The summed E-state index contributed by atoms with van der Waals surface area (Å²) in [7, 11) is 0. The number of hydrogen-bond donors (Lipinski definition) is 0. The molecule has 0 fully saturated rings. The SMILES string of the molecule is CC(C)C1C=Cc2cc(C3=CCC(c4ccc(-c5ccccc5)cc4)=C3)ccc21. The summed E-state index contributed by atoms with van der Waals surface area (Å²) in [6, 6.07) is 26.5. The van der Waals surface area contributed by atoms with E-state index in [1.165, 1.54) is 44.5 Å². The third-order valence-corrected chi connectivity index (χ3v) is 6.22. The van der Waals surface area contributed by atoms with Gasteiger partial charge < -0.3 is 0 Å². The molecule has 0 heteroatoms. The second-order valence-corrected chi connectivity index (χ2v) is 8.45. The van der Waals surface area contributed by atoms with Gasteiger partial charge in [-0.15, -0.1) is 0 Å². The summed E-state index contributed by atoms with van der Waals surface area (Å²) in [6.07, 6.45) is 10.4. The topological polar surface area (TPSA) is 0 Å². The first kappa shape index (κ1) is 17.9. The number of fused-ring (bicyclic) bond motifs is 1. The van der Waals surface area contributed by atoms with Crippen molar-refractivity contribution in [3.63, 3.8) is 0 Å². The van der Waals surface area contributed by atoms with E-state index in [-0.39, 0.29) is 0 Å². The molecule has 0 aromatic heterocycles. The Hall–Kier alpha value is -3.12. The van der Waals surface area contributed by atoms with Crippen molar-refractivity contribution in [1.82, 2.24) is 0 Å². The summed E-state index contributed by atoms with van der Waals surface area (Å²) in [4.78, 5) is 0. The summed E-state index contributed by atoms with van der Waals surface area (Å²) < 4.78 is 0. The van der Waals surface area contributed by atoms with Crippen LogP contribution in [0.1, 0.15) is 48.4 Å². The quantitative estimate of drug-likeness (QED) is 0.434. The predicted molar refractivity (Wildman–Crippen MR) is 126 cm³/mol. The van der Waals surface area contributed by atoms with Crippen LogP contribution < -0.4 is 0 Å². The van der Waals surface area contributed by atoms with Crippen LogP contribution in [-0.2, 0) is 0 Å². The largest absolute Gasteiger partial charge is 0.0761 e. The molecule has 0 radical (unpaired) electrons. The van der Waals surface area contributed by atoms with Gasteiger partial charge in [-0.1, -0.05) is 105 Å². The van der Waals surface area contributed by atoms with Crippen molar-refractivity contribution in [2.45, 2.75) is 26.2 Å². The number of rotatable bonds is 4. The number of hydrogen-bond acceptors (Lipinski definition) is 0. The van der Waals surface area contributed by atoms with E-state index in [2.05, 4.69) is 111 Å². The molecule has 0 bridgehead atoms. The predicted octanol–water partition coefficient (Wildman–Crippen LogP) is 7.99. The van der Waals surface area contributed by atoms with Crippen LogP contribution in [0.5, 0.6) is 0 Å². The molecule has 0 amide bonds. The van der Waals surface area contributed by atoms with Gasteiger partial charge in [0.05, 0.1) is 0 Å². The van der Waals surface area contributed by atoms with Gasteiger partial charge in [0.2, 0.25) is 0 Å². The highest BCUT2D eigenvalue weighted by molar-refractivity contribution is 5.90. The molecule has 2 aliphatic carbocycles. The first-order valence-corrected chi connectivity index (χ1v) is 10.6. The lowest BCUT2D eigenvalue weighted by Gasteiger charge is -2.15. The van der Waals surface area contributed by atoms with Gasteiger partial charge >= 0.3 is 0 Å². The van der Waals surface area contributed by atoms with Crippen LogP contribution in [0.25, 0.3) is 28.3 Å². The molecular weight excluding hydrogens is 348 g/mol. The third-order valence-electron chi connectivity index (χ3n) is 6.22. The Morgan fingerprint density at radius 3 is 2.21 bits per heavy atom. The molecule has 0 spiro atoms. The lowest BCUT2D eigenvalue weighted by Crippen LogP contribution is -2.01. The molecule has 29 heavy (non-hydrogen) atoms. The van der Waals surface area contributed by atoms with Gasteiger partial charge in [0.1, 0.15) is 0 Å². The van der Waals surface area contributed by atoms with E-state index in [0.29, 0.717) is 11.8 Å². The van der Waals surface area contributed by atoms with Crippen molar-refractivity contribution in [3.8, 4) is 11.1 Å². The van der Waals surface area contributed by atoms with Gasteiger partial charge in [-0.3, -0.25) is 0 Å². The fourth-order valence-corrected chi connectivity index (χ4v) is 4.53. The van der Waals surface area contributed by atoms with E-state index in [1.807, 2.05) is 0 Å². The maximum Gasteiger partial charge on any atom is 0.00502 e. The van der Waals surface area contributed by atoms with E-state index in [0.717, 1.165) is 6.42 Å². The van der Waals surface area contributed by atoms with E-state index in [4.69, 9.17) is 0 Å². The minimum Gasteiger partial charge on any atom is -0.0761 e. The fourth-order valence-electron chi connectivity index (χ4n) is 4.53. The summed E-state index contributed by atoms with van der Waals surface area (Å²) in [5.41, 5.74) is 10.8. The van der Waals surface area contributed by atoms with Gasteiger partial charge in [-0.2, -0.15) is 0 Å². The van der Waals surface area contributed by atoms with E-state index < -0.39 is 0 Å². The lowest BCUT2D eigenvalue weighted by molar-refractivity contribution is 0.584. The van der Waals surface area contributed by atoms with Crippen LogP contribution in [0, 0.1) is 5.92 Å². The van der Waals surface area contributed by atoms with Crippen LogP contribution in [-0.4, -0.2) is 0 Å². The molecule has 0 N–H and O–H groups in total. The smallest absolute Gasteiger partial charge is 0.00502 e. The van der Waals surface area contributed by atoms with Gasteiger partial charge in [-0.25, -0.2) is 0 Å². The fraction of sp³-hybridized carbons (Fsp3) is 0.172. The van der Waals surface area contributed by atoms with Crippen LogP contribution >= 0.6 is 0 Å². The zero-order valence-electron chi connectivity index (χ0n) is 17.1. The summed E-state index contributed by atoms with van der Waals surface area (Å²) in [5.74, 6) is 1.21. The molecule has 0 saturated carbocycles. The molecular formula is C29H26. The van der Waals surface area contributed by atoms with Gasteiger partial charge in [0.25, 0.3) is 0 Å². The molecule has 1 unspecified atom stereocenters. The average Bonchev–Trinajstić information content (AvgIpc) is 3.41. The van der Waals surface area contributed by atoms with E-state index in [1.54, 1.807) is 0 Å². The minimum absolute atomic E-state index is 0.561. The average molecular weight is 375 g/mol. The molecule has 142 valence electrons. The maximum atomic E-state index is 2.36. The normalized spacial score (nSPS) is 17.4. The molecule has 0 aliphatic heterocycles. The van der Waals surface area contributed by atoms with Crippen molar-refractivity contribution < 1.29 is 0 Å². The second-order valence-electron chi connectivity index (χ2n) is 8.45. The Morgan fingerprint density at radius 2 is 1.45 bits per heavy atom. The molecule has 5 rings (SSSR count). The molecule has 2 aliphatic rings. The zero-order valence-corrected chi connectivity index (χ0v) is 17.1. The highest BCUT2D eigenvalue weighted by Gasteiger charge is 2.21. The summed E-state index contributed by atoms with van der Waals surface area (Å²) in [6.45, 7) is 4.60. The zero-order chi connectivity index (χ0) is 19.8. The van der Waals surface area contributed by atoms with Crippen LogP contribution in [0.4, 0.5) is 0 Å². The Morgan fingerprint density at radius 1 is 0.759 bits per heavy atom. The van der Waals surface area contributed by atoms with E-state index >= 15 is 0 Å². The molecule has 1 atom stereocenters. The number of benzene rings is 3. The first-order valence-electron chi connectivity index (χ1n) is 10.6. The van der Waals surface area contributed by atoms with Crippen molar-refractivity contribution in [2.24, 2.45) is 5.92 Å². The third kappa shape index (κ3) is 3.40. The maximum absolute atomic E-state index is 2.36. The summed E-state index contributed by atoms with van der Waals surface area (Å²) >= 11 is 0. The molecule has 3 aromatic rings. The van der Waals surface area contributed by atoms with Crippen molar-refractivity contribution in [2.75, 3.05) is 0 Å². The monoisotopic (exact) mass is 374 g/mol. The molecule has 0 saturated heterocycles. The second kappa shape index (κ2) is 7.37. The molecule has 3 aromatic carbocycles.